The normalized spacial score (nSPS) is 11.3. The summed E-state index contributed by atoms with van der Waals surface area (Å²) in [4.78, 5) is 13.6. The highest BCUT2D eigenvalue weighted by atomic mass is 32.2. The molecule has 0 radical (unpaired) electrons. The van der Waals surface area contributed by atoms with Crippen molar-refractivity contribution in [1.82, 2.24) is 0 Å². The van der Waals surface area contributed by atoms with Crippen molar-refractivity contribution in [2.24, 2.45) is 0 Å². The molecule has 174 valence electrons. The highest BCUT2D eigenvalue weighted by Gasteiger charge is 2.32. The highest BCUT2D eigenvalue weighted by Crippen LogP contribution is 2.44. The molecule has 34 heavy (non-hydrogen) atoms. The summed E-state index contributed by atoms with van der Waals surface area (Å²) in [6, 6.07) is 20.5. The van der Waals surface area contributed by atoms with E-state index in [0.717, 1.165) is 28.2 Å². The van der Waals surface area contributed by atoms with Crippen LogP contribution in [0.4, 0.5) is 16.4 Å². The van der Waals surface area contributed by atoms with E-state index < -0.39 is 9.84 Å². The van der Waals surface area contributed by atoms with Crippen LogP contribution in [0.3, 0.4) is 0 Å². The van der Waals surface area contributed by atoms with Gasteiger partial charge in [-0.3, -0.25) is 4.79 Å². The molecule has 0 aliphatic carbocycles. The van der Waals surface area contributed by atoms with Gasteiger partial charge in [0.15, 0.2) is 0 Å². The van der Waals surface area contributed by atoms with Crippen molar-refractivity contribution in [2.45, 2.75) is 23.6 Å². The Bertz CT molecular complexity index is 1460. The van der Waals surface area contributed by atoms with Crippen LogP contribution in [0.15, 0.2) is 82.6 Å². The number of carbonyl (C=O) groups is 1. The quantitative estimate of drug-likeness (QED) is 0.318. The third-order valence-corrected chi connectivity index (χ3v) is 8.58. The number of nitrogen functional groups attached to an aromatic ring is 1. The second-order valence-electron chi connectivity index (χ2n) is 7.77. The number of para-hydroxylation sites is 1. The smallest absolute Gasteiger partial charge is 0.211 e. The second kappa shape index (κ2) is 9.32. The van der Waals surface area contributed by atoms with E-state index >= 15 is 0 Å². The molecule has 0 saturated heterocycles. The number of hydrogen-bond donors (Lipinski definition) is 2. The van der Waals surface area contributed by atoms with Gasteiger partial charge in [0, 0.05) is 11.3 Å². The van der Waals surface area contributed by atoms with Crippen molar-refractivity contribution in [1.29, 1.82) is 0 Å². The summed E-state index contributed by atoms with van der Waals surface area (Å²) >= 11 is 1.03. The maximum absolute atomic E-state index is 13.7. The number of ether oxygens (including phenoxy) is 1. The second-order valence-corrected chi connectivity index (χ2v) is 10.7. The van der Waals surface area contributed by atoms with Gasteiger partial charge in [-0.1, -0.05) is 48.5 Å². The summed E-state index contributed by atoms with van der Waals surface area (Å²) in [5, 5.41) is 3.55. The lowest BCUT2D eigenvalue weighted by atomic mass is 10.1. The standard InChI is InChI=1S/C26H24N2O4S2/c1-16-9-7-10-17(2)22(16)28-26-25(34(30,31)20-13-5-4-6-14-20)21(27)24(33-26)23(29)18-11-8-12-19(15-18)32-3/h4-15,28H,27H2,1-3H3. The minimum absolute atomic E-state index is 0.0737. The van der Waals surface area contributed by atoms with Gasteiger partial charge in [-0.2, -0.15) is 0 Å². The molecule has 6 nitrogen and oxygen atoms in total. The van der Waals surface area contributed by atoms with Crippen LogP contribution in [-0.2, 0) is 9.84 Å². The Hall–Kier alpha value is -3.62. The predicted molar refractivity (Wildman–Crippen MR) is 136 cm³/mol. The zero-order valence-corrected chi connectivity index (χ0v) is 20.6. The number of carbonyl (C=O) groups excluding carboxylic acids is 1. The molecule has 8 heteroatoms. The Morgan fingerprint density at radius 3 is 2.24 bits per heavy atom. The third kappa shape index (κ3) is 4.30. The van der Waals surface area contributed by atoms with Crippen LogP contribution in [0.1, 0.15) is 26.4 Å². The summed E-state index contributed by atoms with van der Waals surface area (Å²) in [5.41, 5.74) is 9.34. The molecule has 3 aromatic carbocycles. The van der Waals surface area contributed by atoms with E-state index in [1.165, 1.54) is 19.2 Å². The van der Waals surface area contributed by atoms with E-state index in [-0.39, 0.29) is 26.1 Å². The Kier molecular flexibility index (Phi) is 6.45. The van der Waals surface area contributed by atoms with Gasteiger partial charge < -0.3 is 15.8 Å². The van der Waals surface area contributed by atoms with Crippen LogP contribution in [0.2, 0.25) is 0 Å². The molecule has 0 unspecified atom stereocenters. The molecular formula is C26H24N2O4S2. The molecule has 4 rings (SSSR count). The van der Waals surface area contributed by atoms with Crippen LogP contribution in [0.25, 0.3) is 0 Å². The lowest BCUT2D eigenvalue weighted by Crippen LogP contribution is -2.08. The number of methoxy groups -OCH3 is 1. The fraction of sp³-hybridized carbons (Fsp3) is 0.115. The van der Waals surface area contributed by atoms with E-state index in [0.29, 0.717) is 16.3 Å². The maximum atomic E-state index is 13.7. The molecule has 0 fully saturated rings. The molecular weight excluding hydrogens is 468 g/mol. The van der Waals surface area contributed by atoms with Crippen molar-refractivity contribution in [2.75, 3.05) is 18.2 Å². The molecule has 0 atom stereocenters. The summed E-state index contributed by atoms with van der Waals surface area (Å²) in [6.45, 7) is 3.86. The Morgan fingerprint density at radius 2 is 1.59 bits per heavy atom. The van der Waals surface area contributed by atoms with Crippen molar-refractivity contribution < 1.29 is 17.9 Å². The number of hydrogen-bond acceptors (Lipinski definition) is 7. The average Bonchev–Trinajstić information content (AvgIpc) is 3.18. The number of nitrogens with two attached hydrogens (primary N) is 1. The molecule has 1 heterocycles. The third-order valence-electron chi connectivity index (χ3n) is 5.48. The minimum atomic E-state index is -4.01. The monoisotopic (exact) mass is 492 g/mol. The van der Waals surface area contributed by atoms with Crippen molar-refractivity contribution in [3.8, 4) is 5.75 Å². The van der Waals surface area contributed by atoms with Gasteiger partial charge >= 0.3 is 0 Å². The Morgan fingerprint density at radius 1 is 0.941 bits per heavy atom. The number of aryl methyl sites for hydroxylation is 2. The molecule has 1 aromatic heterocycles. The molecule has 0 aliphatic rings. The molecule has 0 amide bonds. The highest BCUT2D eigenvalue weighted by molar-refractivity contribution is 7.92. The summed E-state index contributed by atoms with van der Waals surface area (Å²) in [6.07, 6.45) is 0. The predicted octanol–water partition coefficient (Wildman–Crippen LogP) is 5.76. The Labute approximate surface area is 202 Å². The lowest BCUT2D eigenvalue weighted by Gasteiger charge is -2.13. The molecule has 3 N–H and O–H groups in total. The van der Waals surface area contributed by atoms with Crippen molar-refractivity contribution >= 4 is 43.3 Å². The van der Waals surface area contributed by atoms with E-state index in [1.807, 2.05) is 32.0 Å². The van der Waals surface area contributed by atoms with Gasteiger partial charge in [0.1, 0.15) is 20.5 Å². The minimum Gasteiger partial charge on any atom is -0.497 e. The zero-order valence-electron chi connectivity index (χ0n) is 19.0. The lowest BCUT2D eigenvalue weighted by molar-refractivity contribution is 0.104. The molecule has 0 saturated carbocycles. The molecule has 0 spiro atoms. The number of benzene rings is 3. The largest absolute Gasteiger partial charge is 0.497 e. The number of anilines is 3. The molecule has 4 aromatic rings. The van der Waals surface area contributed by atoms with Gasteiger partial charge in [0.05, 0.1) is 17.7 Å². The topological polar surface area (TPSA) is 98.5 Å². The zero-order chi connectivity index (χ0) is 24.5. The van der Waals surface area contributed by atoms with E-state index in [1.54, 1.807) is 42.5 Å². The van der Waals surface area contributed by atoms with E-state index in [4.69, 9.17) is 10.5 Å². The number of ketones is 1. The summed E-state index contributed by atoms with van der Waals surface area (Å²) in [7, 11) is -2.49. The van der Waals surface area contributed by atoms with Gasteiger partial charge in [0.25, 0.3) is 0 Å². The first-order chi connectivity index (χ1) is 16.2. The van der Waals surface area contributed by atoms with Crippen LogP contribution in [0, 0.1) is 13.8 Å². The van der Waals surface area contributed by atoms with Gasteiger partial charge in [-0.15, -0.1) is 11.3 Å². The number of rotatable bonds is 7. The maximum Gasteiger partial charge on any atom is 0.211 e. The fourth-order valence-electron chi connectivity index (χ4n) is 3.68. The first kappa shape index (κ1) is 23.5. The van der Waals surface area contributed by atoms with Crippen molar-refractivity contribution in [3.63, 3.8) is 0 Å². The van der Waals surface area contributed by atoms with E-state index in [9.17, 15) is 13.2 Å². The van der Waals surface area contributed by atoms with E-state index in [2.05, 4.69) is 5.32 Å². The fourth-order valence-corrected chi connectivity index (χ4v) is 6.62. The van der Waals surface area contributed by atoms with Crippen LogP contribution in [-0.4, -0.2) is 21.3 Å². The molecule has 0 bridgehead atoms. The van der Waals surface area contributed by atoms with Crippen LogP contribution in [0.5, 0.6) is 5.75 Å². The first-order valence-corrected chi connectivity index (χ1v) is 12.8. The number of nitrogens with one attached hydrogen (secondary N) is 1. The summed E-state index contributed by atoms with van der Waals surface area (Å²) in [5.74, 6) is 0.146. The summed E-state index contributed by atoms with van der Waals surface area (Å²) < 4.78 is 32.6. The van der Waals surface area contributed by atoms with Gasteiger partial charge in [-0.05, 0) is 49.2 Å². The van der Waals surface area contributed by atoms with Gasteiger partial charge in [-0.25, -0.2) is 8.42 Å². The Balaban J connectivity index is 1.92. The number of sulfone groups is 1. The van der Waals surface area contributed by atoms with Gasteiger partial charge in [0.2, 0.25) is 15.6 Å². The van der Waals surface area contributed by atoms with Crippen LogP contribution < -0.4 is 15.8 Å². The molecule has 0 aliphatic heterocycles. The SMILES string of the molecule is COc1cccc(C(=O)c2sc(Nc3c(C)cccc3C)c(S(=O)(=O)c3ccccc3)c2N)c1. The van der Waals surface area contributed by atoms with Crippen molar-refractivity contribution in [3.05, 3.63) is 94.4 Å². The van der Waals surface area contributed by atoms with Crippen LogP contribution >= 0.6 is 11.3 Å². The average molecular weight is 493 g/mol. The number of thiophene rings is 1. The first-order valence-electron chi connectivity index (χ1n) is 10.5.